The molecule has 2 rings (SSSR count). The van der Waals surface area contributed by atoms with Gasteiger partial charge in [-0.3, -0.25) is 4.98 Å². The maximum absolute atomic E-state index is 5.99. The van der Waals surface area contributed by atoms with E-state index in [1.807, 2.05) is 6.92 Å². The fourth-order valence-electron chi connectivity index (χ4n) is 1.85. The van der Waals surface area contributed by atoms with Crippen LogP contribution in [0.4, 0.5) is 5.69 Å². The van der Waals surface area contributed by atoms with Crippen molar-refractivity contribution in [2.24, 2.45) is 0 Å². The van der Waals surface area contributed by atoms with E-state index in [1.165, 1.54) is 17.7 Å². The van der Waals surface area contributed by atoms with Crippen LogP contribution >= 0.6 is 12.4 Å². The molecule has 2 nitrogen and oxygen atoms in total. The van der Waals surface area contributed by atoms with Crippen LogP contribution in [0.3, 0.4) is 0 Å². The molecule has 0 radical (unpaired) electrons. The second-order valence-corrected chi connectivity index (χ2v) is 3.51. The molecular weight excluding hydrogens is 184 g/mol. The number of fused-ring (bicyclic) bond motifs is 1. The van der Waals surface area contributed by atoms with Gasteiger partial charge in [0.25, 0.3) is 0 Å². The molecule has 0 aromatic carbocycles. The Balaban J connectivity index is 0.000000845. The molecule has 0 atom stereocenters. The predicted octanol–water partition coefficient (Wildman–Crippen LogP) is 2.19. The van der Waals surface area contributed by atoms with Gasteiger partial charge in [0, 0.05) is 17.1 Å². The van der Waals surface area contributed by atoms with Crippen molar-refractivity contribution in [1.29, 1.82) is 0 Å². The summed E-state index contributed by atoms with van der Waals surface area (Å²) in [7, 11) is 0. The van der Waals surface area contributed by atoms with Crippen molar-refractivity contribution in [2.75, 3.05) is 5.73 Å². The molecule has 1 aromatic rings. The molecule has 13 heavy (non-hydrogen) atoms. The van der Waals surface area contributed by atoms with Gasteiger partial charge in [0.1, 0.15) is 0 Å². The van der Waals surface area contributed by atoms with Gasteiger partial charge in [0.2, 0.25) is 0 Å². The van der Waals surface area contributed by atoms with Gasteiger partial charge < -0.3 is 5.73 Å². The average Bonchev–Trinajstić information content (AvgIpc) is 2.48. The first-order chi connectivity index (χ1) is 5.70. The molecule has 0 saturated carbocycles. The van der Waals surface area contributed by atoms with E-state index in [0.29, 0.717) is 0 Å². The Morgan fingerprint density at radius 1 is 1.23 bits per heavy atom. The van der Waals surface area contributed by atoms with Crippen molar-refractivity contribution in [3.8, 4) is 0 Å². The summed E-state index contributed by atoms with van der Waals surface area (Å²) in [6.07, 6.45) is 3.45. The van der Waals surface area contributed by atoms with Crippen molar-refractivity contribution in [3.63, 3.8) is 0 Å². The highest BCUT2D eigenvalue weighted by Crippen LogP contribution is 2.29. The zero-order valence-electron chi connectivity index (χ0n) is 8.05. The third-order valence-electron chi connectivity index (χ3n) is 2.76. The Hall–Kier alpha value is -0.760. The van der Waals surface area contributed by atoms with E-state index in [4.69, 9.17) is 5.73 Å². The van der Waals surface area contributed by atoms with Gasteiger partial charge in [-0.15, -0.1) is 12.4 Å². The summed E-state index contributed by atoms with van der Waals surface area (Å²) in [6.45, 7) is 4.08. The number of anilines is 1. The predicted molar refractivity (Wildman–Crippen MR) is 57.4 cm³/mol. The summed E-state index contributed by atoms with van der Waals surface area (Å²) < 4.78 is 0. The number of nitrogens with two attached hydrogens (primary N) is 1. The van der Waals surface area contributed by atoms with Crippen molar-refractivity contribution in [2.45, 2.75) is 33.1 Å². The second kappa shape index (κ2) is 3.54. The second-order valence-electron chi connectivity index (χ2n) is 3.51. The van der Waals surface area contributed by atoms with E-state index < -0.39 is 0 Å². The number of hydrogen-bond donors (Lipinski definition) is 1. The SMILES string of the molecule is Cc1nc2c(c(N)c1C)CCC2.Cl. The molecule has 2 N–H and O–H groups in total. The molecule has 72 valence electrons. The fourth-order valence-corrected chi connectivity index (χ4v) is 1.85. The molecule has 0 saturated heterocycles. The number of aryl methyl sites for hydroxylation is 2. The molecule has 0 aliphatic heterocycles. The summed E-state index contributed by atoms with van der Waals surface area (Å²) in [6, 6.07) is 0. The topological polar surface area (TPSA) is 38.9 Å². The van der Waals surface area contributed by atoms with Crippen LogP contribution in [-0.2, 0) is 12.8 Å². The van der Waals surface area contributed by atoms with Crippen molar-refractivity contribution >= 4 is 18.1 Å². The Morgan fingerprint density at radius 3 is 2.62 bits per heavy atom. The molecule has 0 amide bonds. The number of pyridine rings is 1. The van der Waals surface area contributed by atoms with Gasteiger partial charge in [0.05, 0.1) is 0 Å². The summed E-state index contributed by atoms with van der Waals surface area (Å²) in [5, 5.41) is 0. The third kappa shape index (κ3) is 1.51. The van der Waals surface area contributed by atoms with E-state index >= 15 is 0 Å². The normalized spacial score (nSPS) is 13.7. The summed E-state index contributed by atoms with van der Waals surface area (Å²) >= 11 is 0. The van der Waals surface area contributed by atoms with Crippen LogP contribution in [0.5, 0.6) is 0 Å². The molecule has 1 aliphatic carbocycles. The van der Waals surface area contributed by atoms with Crippen LogP contribution in [0.15, 0.2) is 0 Å². The molecule has 0 fully saturated rings. The minimum absolute atomic E-state index is 0. The minimum Gasteiger partial charge on any atom is -0.398 e. The lowest BCUT2D eigenvalue weighted by Crippen LogP contribution is -2.02. The van der Waals surface area contributed by atoms with Crippen molar-refractivity contribution in [3.05, 3.63) is 22.5 Å². The van der Waals surface area contributed by atoms with Crippen LogP contribution in [0.25, 0.3) is 0 Å². The van der Waals surface area contributed by atoms with E-state index in [1.54, 1.807) is 0 Å². The summed E-state index contributed by atoms with van der Waals surface area (Å²) in [5.74, 6) is 0. The van der Waals surface area contributed by atoms with Crippen molar-refractivity contribution < 1.29 is 0 Å². The number of rotatable bonds is 0. The molecule has 0 unspecified atom stereocenters. The van der Waals surface area contributed by atoms with Gasteiger partial charge in [-0.25, -0.2) is 0 Å². The standard InChI is InChI=1S/C10H14N2.ClH/c1-6-7(2)12-9-5-3-4-8(9)10(6)11;/h3-5H2,1-2H3,(H2,11,12);1H. The Kier molecular flexibility index (Phi) is 2.81. The Morgan fingerprint density at radius 2 is 1.92 bits per heavy atom. The first-order valence-corrected chi connectivity index (χ1v) is 4.44. The third-order valence-corrected chi connectivity index (χ3v) is 2.76. The van der Waals surface area contributed by atoms with E-state index in [-0.39, 0.29) is 12.4 Å². The molecule has 1 aliphatic rings. The van der Waals surface area contributed by atoms with Crippen LogP contribution < -0.4 is 5.73 Å². The Labute approximate surface area is 85.0 Å². The highest BCUT2D eigenvalue weighted by atomic mass is 35.5. The lowest BCUT2D eigenvalue weighted by Gasteiger charge is -2.09. The number of nitrogen functional groups attached to an aromatic ring is 1. The van der Waals surface area contributed by atoms with Crippen molar-refractivity contribution in [1.82, 2.24) is 4.98 Å². The number of nitrogens with zero attached hydrogens (tertiary/aromatic N) is 1. The van der Waals surface area contributed by atoms with Gasteiger partial charge >= 0.3 is 0 Å². The van der Waals surface area contributed by atoms with Crippen LogP contribution in [-0.4, -0.2) is 4.98 Å². The van der Waals surface area contributed by atoms with E-state index in [9.17, 15) is 0 Å². The number of aromatic nitrogens is 1. The first kappa shape index (κ1) is 10.3. The number of hydrogen-bond acceptors (Lipinski definition) is 2. The summed E-state index contributed by atoms with van der Waals surface area (Å²) in [4.78, 5) is 4.53. The molecule has 0 spiro atoms. The highest BCUT2D eigenvalue weighted by molar-refractivity contribution is 5.85. The zero-order chi connectivity index (χ0) is 8.72. The van der Waals surface area contributed by atoms with Crippen LogP contribution in [0.1, 0.15) is 28.9 Å². The van der Waals surface area contributed by atoms with Crippen LogP contribution in [0, 0.1) is 13.8 Å². The Bertz CT molecular complexity index is 334. The lowest BCUT2D eigenvalue weighted by molar-refractivity contribution is 0.896. The summed E-state index contributed by atoms with van der Waals surface area (Å²) in [5.41, 5.74) is 11.8. The molecule has 1 aromatic heterocycles. The molecule has 0 bridgehead atoms. The average molecular weight is 199 g/mol. The smallest absolute Gasteiger partial charge is 0.0459 e. The largest absolute Gasteiger partial charge is 0.398 e. The fraction of sp³-hybridized carbons (Fsp3) is 0.500. The van der Waals surface area contributed by atoms with E-state index in [2.05, 4.69) is 11.9 Å². The minimum atomic E-state index is 0. The van der Waals surface area contributed by atoms with Gasteiger partial charge in [-0.1, -0.05) is 0 Å². The highest BCUT2D eigenvalue weighted by Gasteiger charge is 2.17. The maximum Gasteiger partial charge on any atom is 0.0459 e. The van der Waals surface area contributed by atoms with Gasteiger partial charge in [-0.05, 0) is 44.2 Å². The quantitative estimate of drug-likeness (QED) is 0.694. The maximum atomic E-state index is 5.99. The molecule has 1 heterocycles. The van der Waals surface area contributed by atoms with E-state index in [0.717, 1.165) is 29.8 Å². The zero-order valence-corrected chi connectivity index (χ0v) is 8.87. The molecule has 3 heteroatoms. The van der Waals surface area contributed by atoms with Gasteiger partial charge in [-0.2, -0.15) is 0 Å². The van der Waals surface area contributed by atoms with Crippen LogP contribution in [0.2, 0.25) is 0 Å². The first-order valence-electron chi connectivity index (χ1n) is 4.44. The number of halogens is 1. The lowest BCUT2D eigenvalue weighted by atomic mass is 10.1. The monoisotopic (exact) mass is 198 g/mol. The van der Waals surface area contributed by atoms with Gasteiger partial charge in [0.15, 0.2) is 0 Å². The molecular formula is C10H15ClN2.